The van der Waals surface area contributed by atoms with Crippen molar-refractivity contribution < 1.29 is 8.78 Å². The van der Waals surface area contributed by atoms with E-state index in [-0.39, 0.29) is 6.04 Å². The average Bonchev–Trinajstić information content (AvgIpc) is 2.84. The van der Waals surface area contributed by atoms with E-state index in [4.69, 9.17) is 0 Å². The Morgan fingerprint density at radius 3 is 2.90 bits per heavy atom. The fraction of sp³-hybridized carbons (Fsp3) is 0.267. The third-order valence-corrected chi connectivity index (χ3v) is 4.18. The lowest BCUT2D eigenvalue weighted by molar-refractivity contribution is 0.252. The van der Waals surface area contributed by atoms with Crippen molar-refractivity contribution in [3.05, 3.63) is 53.9 Å². The van der Waals surface area contributed by atoms with Crippen molar-refractivity contribution in [3.8, 4) is 0 Å². The van der Waals surface area contributed by atoms with Gasteiger partial charge in [-0.1, -0.05) is 30.0 Å². The predicted octanol–water partition coefficient (Wildman–Crippen LogP) is 4.50. The third kappa shape index (κ3) is 2.77. The quantitative estimate of drug-likeness (QED) is 0.840. The van der Waals surface area contributed by atoms with E-state index in [1.807, 2.05) is 18.2 Å². The Morgan fingerprint density at radius 1 is 1.20 bits per heavy atom. The molecule has 0 aliphatic heterocycles. The Bertz CT molecular complexity index is 604. The fourth-order valence-corrected chi connectivity index (χ4v) is 3.13. The second-order valence-electron chi connectivity index (χ2n) is 4.66. The van der Waals surface area contributed by atoms with Crippen LogP contribution in [0.4, 0.5) is 14.5 Å². The Hall–Kier alpha value is -1.62. The number of para-hydroxylation sites is 1. The lowest BCUT2D eigenvalue weighted by atomic mass is 10.2. The molecule has 20 heavy (non-hydrogen) atoms. The maximum atomic E-state index is 12.6. The zero-order valence-electron chi connectivity index (χ0n) is 10.7. The molecule has 5 heteroatoms. The number of fused-ring (bicyclic) bond motifs is 1. The van der Waals surface area contributed by atoms with Gasteiger partial charge < -0.3 is 5.32 Å². The smallest absolute Gasteiger partial charge is 0.288 e. The summed E-state index contributed by atoms with van der Waals surface area (Å²) < 4.78 is 25.2. The normalized spacial score (nSPS) is 17.2. The molecular formula is C15H14F2N2S. The molecule has 0 fully saturated rings. The van der Waals surface area contributed by atoms with Gasteiger partial charge in [0.05, 0.1) is 11.7 Å². The zero-order chi connectivity index (χ0) is 13.9. The van der Waals surface area contributed by atoms with Gasteiger partial charge in [0, 0.05) is 16.8 Å². The number of alkyl halides is 2. The minimum atomic E-state index is -2.41. The summed E-state index contributed by atoms with van der Waals surface area (Å²) in [5.74, 6) is -2.41. The highest BCUT2D eigenvalue weighted by Gasteiger charge is 2.24. The van der Waals surface area contributed by atoms with Crippen LogP contribution in [0, 0.1) is 0 Å². The van der Waals surface area contributed by atoms with Crippen molar-refractivity contribution in [1.29, 1.82) is 0 Å². The molecule has 0 saturated carbocycles. The highest BCUT2D eigenvalue weighted by molar-refractivity contribution is 7.99. The van der Waals surface area contributed by atoms with E-state index in [1.54, 1.807) is 18.3 Å². The van der Waals surface area contributed by atoms with Crippen LogP contribution in [0.5, 0.6) is 0 Å². The Labute approximate surface area is 120 Å². The average molecular weight is 292 g/mol. The van der Waals surface area contributed by atoms with E-state index < -0.39 is 5.76 Å². The number of halogens is 2. The van der Waals surface area contributed by atoms with E-state index in [9.17, 15) is 8.78 Å². The summed E-state index contributed by atoms with van der Waals surface area (Å²) >= 11 is 0.573. The minimum Gasteiger partial charge on any atom is -0.376 e. The minimum absolute atomic E-state index is 0.102. The molecule has 1 unspecified atom stereocenters. The Balaban J connectivity index is 1.82. The van der Waals surface area contributed by atoms with Crippen LogP contribution in [-0.4, -0.2) is 10.7 Å². The SMILES string of the molecule is FC(F)Sc1ccccc1NC1CCc2cccnc21. The molecule has 3 rings (SSSR count). The molecule has 2 aromatic rings. The van der Waals surface area contributed by atoms with Gasteiger partial charge in [-0.15, -0.1) is 0 Å². The number of hydrogen-bond acceptors (Lipinski definition) is 3. The molecule has 104 valence electrons. The summed E-state index contributed by atoms with van der Waals surface area (Å²) in [6, 6.07) is 11.3. The number of aryl methyl sites for hydroxylation is 1. The molecule has 0 radical (unpaired) electrons. The van der Waals surface area contributed by atoms with Crippen LogP contribution in [0.1, 0.15) is 23.7 Å². The first-order chi connectivity index (χ1) is 9.74. The van der Waals surface area contributed by atoms with Gasteiger partial charge in [-0.3, -0.25) is 4.98 Å². The molecule has 1 atom stereocenters. The van der Waals surface area contributed by atoms with Crippen molar-refractivity contribution in [1.82, 2.24) is 4.98 Å². The standard InChI is InChI=1S/C15H14F2N2S/c16-15(17)20-13-6-2-1-5-11(13)19-12-8-7-10-4-3-9-18-14(10)12/h1-6,9,12,15,19H,7-8H2. The first-order valence-electron chi connectivity index (χ1n) is 6.48. The number of hydrogen-bond donors (Lipinski definition) is 1. The van der Waals surface area contributed by atoms with Crippen LogP contribution in [0.15, 0.2) is 47.5 Å². The van der Waals surface area contributed by atoms with E-state index in [0.717, 1.165) is 24.2 Å². The zero-order valence-corrected chi connectivity index (χ0v) is 11.5. The fourth-order valence-electron chi connectivity index (χ4n) is 2.53. The van der Waals surface area contributed by atoms with Crippen LogP contribution in [0.2, 0.25) is 0 Å². The second-order valence-corrected chi connectivity index (χ2v) is 5.69. The highest BCUT2D eigenvalue weighted by Crippen LogP contribution is 2.37. The van der Waals surface area contributed by atoms with Crippen molar-refractivity contribution in [3.63, 3.8) is 0 Å². The number of nitrogens with zero attached hydrogens (tertiary/aromatic N) is 1. The molecular weight excluding hydrogens is 278 g/mol. The summed E-state index contributed by atoms with van der Waals surface area (Å²) in [5.41, 5.74) is 3.02. The maximum Gasteiger partial charge on any atom is 0.288 e. The van der Waals surface area contributed by atoms with Crippen molar-refractivity contribution in [2.24, 2.45) is 0 Å². The summed E-state index contributed by atoms with van der Waals surface area (Å²) in [4.78, 5) is 4.99. The molecule has 1 aromatic heterocycles. The number of nitrogens with one attached hydrogen (secondary N) is 1. The summed E-state index contributed by atoms with van der Waals surface area (Å²) in [6.45, 7) is 0. The topological polar surface area (TPSA) is 24.9 Å². The molecule has 0 spiro atoms. The van der Waals surface area contributed by atoms with E-state index >= 15 is 0 Å². The molecule has 2 nitrogen and oxygen atoms in total. The molecule has 1 aliphatic carbocycles. The monoisotopic (exact) mass is 292 g/mol. The third-order valence-electron chi connectivity index (χ3n) is 3.39. The lowest BCUT2D eigenvalue weighted by Gasteiger charge is -2.17. The van der Waals surface area contributed by atoms with Crippen LogP contribution >= 0.6 is 11.8 Å². The van der Waals surface area contributed by atoms with Crippen molar-refractivity contribution >= 4 is 17.4 Å². The Kier molecular flexibility index (Phi) is 3.87. The first kappa shape index (κ1) is 13.4. The van der Waals surface area contributed by atoms with Gasteiger partial charge in [0.2, 0.25) is 0 Å². The van der Waals surface area contributed by atoms with E-state index in [1.165, 1.54) is 5.56 Å². The van der Waals surface area contributed by atoms with Gasteiger partial charge in [0.25, 0.3) is 5.76 Å². The van der Waals surface area contributed by atoms with Crippen LogP contribution in [0.25, 0.3) is 0 Å². The van der Waals surface area contributed by atoms with Crippen molar-refractivity contribution in [2.75, 3.05) is 5.32 Å². The number of anilines is 1. The number of aromatic nitrogens is 1. The number of thioether (sulfide) groups is 1. The predicted molar refractivity (Wildman–Crippen MR) is 77.2 cm³/mol. The van der Waals surface area contributed by atoms with E-state index in [2.05, 4.69) is 16.4 Å². The molecule has 0 saturated heterocycles. The molecule has 0 amide bonds. The summed E-state index contributed by atoms with van der Waals surface area (Å²) in [7, 11) is 0. The second kappa shape index (κ2) is 5.79. The van der Waals surface area contributed by atoms with Gasteiger partial charge >= 0.3 is 0 Å². The number of pyridine rings is 1. The van der Waals surface area contributed by atoms with Gasteiger partial charge in [-0.25, -0.2) is 0 Å². The van der Waals surface area contributed by atoms with Crippen LogP contribution in [0.3, 0.4) is 0 Å². The van der Waals surface area contributed by atoms with Gasteiger partial charge in [-0.2, -0.15) is 8.78 Å². The van der Waals surface area contributed by atoms with Crippen LogP contribution in [-0.2, 0) is 6.42 Å². The van der Waals surface area contributed by atoms with Crippen LogP contribution < -0.4 is 5.32 Å². The van der Waals surface area contributed by atoms with Crippen molar-refractivity contribution in [2.45, 2.75) is 29.5 Å². The molecule has 1 aliphatic rings. The molecule has 0 bridgehead atoms. The summed E-state index contributed by atoms with van der Waals surface area (Å²) in [5, 5.41) is 3.35. The van der Waals surface area contributed by atoms with Gasteiger partial charge in [0.15, 0.2) is 0 Å². The first-order valence-corrected chi connectivity index (χ1v) is 7.36. The maximum absolute atomic E-state index is 12.6. The largest absolute Gasteiger partial charge is 0.376 e. The molecule has 1 N–H and O–H groups in total. The highest BCUT2D eigenvalue weighted by atomic mass is 32.2. The summed E-state index contributed by atoms with van der Waals surface area (Å²) in [6.07, 6.45) is 3.70. The molecule has 1 heterocycles. The van der Waals surface area contributed by atoms with Gasteiger partial charge in [0.1, 0.15) is 0 Å². The molecule has 1 aromatic carbocycles. The Morgan fingerprint density at radius 2 is 2.05 bits per heavy atom. The lowest BCUT2D eigenvalue weighted by Crippen LogP contribution is -2.09. The van der Waals surface area contributed by atoms with Gasteiger partial charge in [-0.05, 0) is 36.6 Å². The number of rotatable bonds is 4. The number of benzene rings is 1. The van der Waals surface area contributed by atoms with E-state index in [0.29, 0.717) is 16.7 Å².